The highest BCUT2D eigenvalue weighted by Crippen LogP contribution is 2.18. The molecule has 0 saturated carbocycles. The molecule has 74 heavy (non-hydrogen) atoms. The van der Waals surface area contributed by atoms with Crippen molar-refractivity contribution < 1.29 is 57.4 Å². The SMILES string of the molecule is COC(=O)CC(C)CCCCCCOc1ccccc1.COC(=O)CC(C)CCCCOc1ccccc1.COC(=O)CC(C)CCOc1ccccc1.O=C(O)CCCCCCCCCCOc1ccccc1. The molecule has 4 aromatic carbocycles. The van der Waals surface area contributed by atoms with E-state index in [0.717, 1.165) is 107 Å². The monoisotopic (exact) mass is 1030 g/mol. The van der Waals surface area contributed by atoms with Crippen LogP contribution in [0.25, 0.3) is 0 Å². The van der Waals surface area contributed by atoms with Crippen LogP contribution in [0.3, 0.4) is 0 Å². The van der Waals surface area contributed by atoms with E-state index in [0.29, 0.717) is 44.1 Å². The fraction of sp³-hybridized carbons (Fsp3) is 0.548. The topological polar surface area (TPSA) is 153 Å². The summed E-state index contributed by atoms with van der Waals surface area (Å²) in [6.07, 6.45) is 20.6. The molecule has 0 saturated heterocycles. The Morgan fingerprint density at radius 3 is 0.932 bits per heavy atom. The van der Waals surface area contributed by atoms with Crippen molar-refractivity contribution in [1.29, 1.82) is 0 Å². The fourth-order valence-electron chi connectivity index (χ4n) is 7.41. The zero-order valence-corrected chi connectivity index (χ0v) is 45.9. The molecule has 0 fully saturated rings. The van der Waals surface area contributed by atoms with Crippen LogP contribution in [0.2, 0.25) is 0 Å². The lowest BCUT2D eigenvalue weighted by Gasteiger charge is -2.10. The van der Waals surface area contributed by atoms with Crippen molar-refractivity contribution in [3.8, 4) is 23.0 Å². The average molecular weight is 1030 g/mol. The quantitative estimate of drug-likeness (QED) is 0.0262. The van der Waals surface area contributed by atoms with Crippen LogP contribution in [0.15, 0.2) is 121 Å². The number of rotatable bonds is 36. The molecule has 0 amide bonds. The molecule has 0 heterocycles. The highest BCUT2D eigenvalue weighted by atomic mass is 16.5. The van der Waals surface area contributed by atoms with Gasteiger partial charge in [-0.15, -0.1) is 0 Å². The van der Waals surface area contributed by atoms with E-state index in [1.54, 1.807) is 0 Å². The van der Waals surface area contributed by atoms with Crippen LogP contribution in [0.1, 0.15) is 156 Å². The summed E-state index contributed by atoms with van der Waals surface area (Å²) in [5.41, 5.74) is 0. The second-order valence-electron chi connectivity index (χ2n) is 18.8. The number of carbonyl (C=O) groups excluding carboxylic acids is 3. The summed E-state index contributed by atoms with van der Waals surface area (Å²) in [4.78, 5) is 43.5. The number of benzene rings is 4. The van der Waals surface area contributed by atoms with E-state index in [9.17, 15) is 19.2 Å². The minimum atomic E-state index is -0.677. The molecule has 1 N–H and O–H groups in total. The average Bonchev–Trinajstić information content (AvgIpc) is 3.41. The number of aliphatic carboxylic acids is 1. The highest BCUT2D eigenvalue weighted by Gasteiger charge is 2.11. The number of unbranched alkanes of at least 4 members (excludes halogenated alkanes) is 11. The number of carboxylic acid groups (broad SMARTS) is 1. The van der Waals surface area contributed by atoms with Gasteiger partial charge < -0.3 is 38.3 Å². The Balaban J connectivity index is 0.000000495. The Hall–Kier alpha value is -6.04. The summed E-state index contributed by atoms with van der Waals surface area (Å²) < 4.78 is 36.3. The van der Waals surface area contributed by atoms with Gasteiger partial charge in [-0.25, -0.2) is 0 Å². The first-order chi connectivity index (χ1) is 35.9. The molecule has 4 aromatic rings. The lowest BCUT2D eigenvalue weighted by atomic mass is 9.99. The van der Waals surface area contributed by atoms with Gasteiger partial charge >= 0.3 is 23.9 Å². The number of hydrogen-bond donors (Lipinski definition) is 1. The van der Waals surface area contributed by atoms with Crippen molar-refractivity contribution in [1.82, 2.24) is 0 Å². The molecule has 0 bridgehead atoms. The van der Waals surface area contributed by atoms with Crippen LogP contribution >= 0.6 is 0 Å². The molecule has 12 heteroatoms. The third kappa shape index (κ3) is 41.4. The van der Waals surface area contributed by atoms with Gasteiger partial charge in [-0.1, -0.05) is 164 Å². The van der Waals surface area contributed by atoms with Crippen LogP contribution in [0.5, 0.6) is 23.0 Å². The molecular weight excluding hydrogens is 937 g/mol. The lowest BCUT2D eigenvalue weighted by Crippen LogP contribution is -2.10. The number of hydrogen-bond acceptors (Lipinski definition) is 11. The van der Waals surface area contributed by atoms with Gasteiger partial charge in [0.05, 0.1) is 47.8 Å². The second kappa shape index (κ2) is 46.7. The van der Waals surface area contributed by atoms with Gasteiger partial charge in [0.15, 0.2) is 0 Å². The molecule has 0 aliphatic heterocycles. The molecule has 0 aliphatic carbocycles. The van der Waals surface area contributed by atoms with E-state index in [-0.39, 0.29) is 23.8 Å². The summed E-state index contributed by atoms with van der Waals surface area (Å²) in [6.45, 7) is 9.14. The first kappa shape index (κ1) is 66.0. The molecular formula is C62H92O12. The Labute approximate surface area is 445 Å². The number of carbonyl (C=O) groups is 4. The van der Waals surface area contributed by atoms with E-state index in [1.165, 1.54) is 66.3 Å². The molecule has 4 rings (SSSR count). The van der Waals surface area contributed by atoms with Crippen molar-refractivity contribution in [2.75, 3.05) is 47.8 Å². The summed E-state index contributed by atoms with van der Waals surface area (Å²) in [5, 5.41) is 8.51. The zero-order valence-electron chi connectivity index (χ0n) is 45.9. The van der Waals surface area contributed by atoms with Gasteiger partial charge in [0.2, 0.25) is 0 Å². The van der Waals surface area contributed by atoms with Gasteiger partial charge in [0.1, 0.15) is 23.0 Å². The van der Waals surface area contributed by atoms with E-state index >= 15 is 0 Å². The minimum absolute atomic E-state index is 0.103. The standard InChI is InChI=1S/2C17H26O3.C15H22O3.C13H18O3/c1-15(14-17(18)19-2)10-6-3-4-9-13-20-16-11-7-5-8-12-16;18-17(19)14-10-5-3-1-2-4-6-11-15-20-16-12-8-7-9-13-16;1-13(12-15(16)17-2)8-6-7-11-18-14-9-4-3-5-10-14;1-11(10-13(14)15-2)8-9-16-12-6-4-3-5-7-12/h5,7-8,11-12,15H,3-4,6,9-10,13-14H2,1-2H3;7-9,12-13H,1-6,10-11,14-15H2,(H,18,19);3-5,9-10,13H,6-8,11-12H2,1-2H3;3-7,11H,8-10H2,1-2H3. The number of esters is 3. The summed E-state index contributed by atoms with van der Waals surface area (Å²) in [6, 6.07) is 39.3. The predicted molar refractivity (Wildman–Crippen MR) is 296 cm³/mol. The summed E-state index contributed by atoms with van der Waals surface area (Å²) in [7, 11) is 4.29. The Bertz CT molecular complexity index is 1910. The molecule has 12 nitrogen and oxygen atoms in total. The molecule has 0 aliphatic rings. The highest BCUT2D eigenvalue weighted by molar-refractivity contribution is 5.70. The first-order valence-electron chi connectivity index (χ1n) is 27.1. The zero-order chi connectivity index (χ0) is 54.1. The van der Waals surface area contributed by atoms with E-state index in [2.05, 4.69) is 28.1 Å². The molecule has 3 atom stereocenters. The largest absolute Gasteiger partial charge is 0.494 e. The van der Waals surface area contributed by atoms with Crippen LogP contribution < -0.4 is 18.9 Å². The van der Waals surface area contributed by atoms with Crippen LogP contribution in [-0.4, -0.2) is 76.7 Å². The first-order valence-corrected chi connectivity index (χ1v) is 27.1. The van der Waals surface area contributed by atoms with Gasteiger partial charge in [-0.2, -0.15) is 0 Å². The van der Waals surface area contributed by atoms with Gasteiger partial charge in [0, 0.05) is 25.7 Å². The maximum Gasteiger partial charge on any atom is 0.305 e. The van der Waals surface area contributed by atoms with Crippen molar-refractivity contribution in [3.05, 3.63) is 121 Å². The van der Waals surface area contributed by atoms with Crippen molar-refractivity contribution in [2.24, 2.45) is 17.8 Å². The Kier molecular flexibility index (Phi) is 41.7. The van der Waals surface area contributed by atoms with Crippen molar-refractivity contribution >= 4 is 23.9 Å². The third-order valence-electron chi connectivity index (χ3n) is 11.9. The maximum absolute atomic E-state index is 11.1. The molecule has 0 spiro atoms. The third-order valence-corrected chi connectivity index (χ3v) is 11.9. The normalized spacial score (nSPS) is 11.5. The second-order valence-corrected chi connectivity index (χ2v) is 18.8. The van der Waals surface area contributed by atoms with Crippen molar-refractivity contribution in [3.63, 3.8) is 0 Å². The maximum atomic E-state index is 11.1. The Morgan fingerprint density at radius 1 is 0.351 bits per heavy atom. The fourth-order valence-corrected chi connectivity index (χ4v) is 7.41. The summed E-state index contributed by atoms with van der Waals surface area (Å²) in [5.74, 6) is 3.71. The predicted octanol–water partition coefficient (Wildman–Crippen LogP) is 15.0. The lowest BCUT2D eigenvalue weighted by molar-refractivity contribution is -0.142. The van der Waals surface area contributed by atoms with Gasteiger partial charge in [-0.05, 0) is 105 Å². The number of methoxy groups -OCH3 is 3. The Morgan fingerprint density at radius 2 is 0.608 bits per heavy atom. The molecule has 0 radical (unpaired) electrons. The number of para-hydroxylation sites is 4. The minimum Gasteiger partial charge on any atom is -0.494 e. The number of ether oxygens (including phenoxy) is 7. The smallest absolute Gasteiger partial charge is 0.305 e. The van der Waals surface area contributed by atoms with Crippen LogP contribution in [0.4, 0.5) is 0 Å². The molecule has 3 unspecified atom stereocenters. The molecule has 412 valence electrons. The van der Waals surface area contributed by atoms with Crippen molar-refractivity contribution in [2.45, 2.75) is 156 Å². The van der Waals surface area contributed by atoms with Gasteiger partial charge in [-0.3, -0.25) is 19.2 Å². The summed E-state index contributed by atoms with van der Waals surface area (Å²) >= 11 is 0. The van der Waals surface area contributed by atoms with E-state index in [4.69, 9.17) is 24.1 Å². The molecule has 0 aromatic heterocycles. The van der Waals surface area contributed by atoms with Crippen LogP contribution in [-0.2, 0) is 33.4 Å². The van der Waals surface area contributed by atoms with E-state index in [1.807, 2.05) is 128 Å². The number of carboxylic acids is 1. The van der Waals surface area contributed by atoms with Gasteiger partial charge in [0.25, 0.3) is 0 Å². The van der Waals surface area contributed by atoms with E-state index < -0.39 is 5.97 Å². The van der Waals surface area contributed by atoms with Crippen LogP contribution in [0, 0.1) is 17.8 Å².